The number of nitrogens with one attached hydrogen (secondary N) is 1. The normalized spacial score (nSPS) is 15.5. The van der Waals surface area contributed by atoms with Gasteiger partial charge >= 0.3 is 0 Å². The van der Waals surface area contributed by atoms with E-state index in [-0.39, 0.29) is 11.9 Å². The Morgan fingerprint density at radius 2 is 1.81 bits per heavy atom. The van der Waals surface area contributed by atoms with Gasteiger partial charge in [0.05, 0.1) is 11.8 Å². The molecule has 1 fully saturated rings. The first-order valence-electron chi connectivity index (χ1n) is 10.8. The first kappa shape index (κ1) is 22.1. The van der Waals surface area contributed by atoms with Crippen LogP contribution in [0.1, 0.15) is 56.7 Å². The van der Waals surface area contributed by atoms with Crippen molar-refractivity contribution >= 4 is 33.6 Å². The van der Waals surface area contributed by atoms with Crippen molar-refractivity contribution in [3.63, 3.8) is 0 Å². The summed E-state index contributed by atoms with van der Waals surface area (Å²) in [6.45, 7) is 2.01. The van der Waals surface area contributed by atoms with Crippen LogP contribution in [0.2, 0.25) is 0 Å². The van der Waals surface area contributed by atoms with Gasteiger partial charge in [0.25, 0.3) is 0 Å². The number of nitrogens with zero attached hydrogens (tertiary/aromatic N) is 3. The Morgan fingerprint density at radius 3 is 2.52 bits per heavy atom. The van der Waals surface area contributed by atoms with Gasteiger partial charge in [-0.15, -0.1) is 10.2 Å². The number of halogens is 1. The van der Waals surface area contributed by atoms with Gasteiger partial charge < -0.3 is 5.32 Å². The third kappa shape index (κ3) is 5.57. The van der Waals surface area contributed by atoms with Crippen LogP contribution in [0.15, 0.2) is 64.2 Å². The van der Waals surface area contributed by atoms with Crippen molar-refractivity contribution in [2.24, 2.45) is 0 Å². The lowest BCUT2D eigenvalue weighted by atomic mass is 9.95. The lowest BCUT2D eigenvalue weighted by Crippen LogP contribution is -2.28. The van der Waals surface area contributed by atoms with Crippen molar-refractivity contribution in [1.29, 1.82) is 0 Å². The van der Waals surface area contributed by atoms with Gasteiger partial charge in [-0.25, -0.2) is 0 Å². The fourth-order valence-corrected chi connectivity index (χ4v) is 5.16. The third-order valence-corrected chi connectivity index (χ3v) is 7.19. The fraction of sp³-hybridized carbons (Fsp3) is 0.375. The summed E-state index contributed by atoms with van der Waals surface area (Å²) in [5.41, 5.74) is 2.15. The van der Waals surface area contributed by atoms with Gasteiger partial charge in [-0.1, -0.05) is 89.4 Å². The molecule has 1 saturated carbocycles. The summed E-state index contributed by atoms with van der Waals surface area (Å²) in [7, 11) is 0. The molecule has 1 amide bonds. The Bertz CT molecular complexity index is 1000. The molecule has 7 heteroatoms. The maximum Gasteiger partial charge on any atom is 0.230 e. The predicted octanol–water partition coefficient (Wildman–Crippen LogP) is 6.18. The van der Waals surface area contributed by atoms with E-state index in [4.69, 9.17) is 0 Å². The zero-order valence-corrected chi connectivity index (χ0v) is 20.0. The van der Waals surface area contributed by atoms with Crippen LogP contribution < -0.4 is 5.32 Å². The van der Waals surface area contributed by atoms with Crippen molar-refractivity contribution < 1.29 is 4.79 Å². The first-order valence-corrected chi connectivity index (χ1v) is 12.6. The summed E-state index contributed by atoms with van der Waals surface area (Å²) in [6, 6.07) is 18.6. The van der Waals surface area contributed by atoms with Crippen LogP contribution in [0.5, 0.6) is 0 Å². The van der Waals surface area contributed by atoms with Crippen molar-refractivity contribution in [1.82, 2.24) is 20.1 Å². The van der Waals surface area contributed by atoms with Crippen molar-refractivity contribution in [3.8, 4) is 11.4 Å². The molecule has 162 valence electrons. The number of carbonyl (C=O) groups excluding carboxylic acids is 1. The van der Waals surface area contributed by atoms with E-state index in [0.717, 1.165) is 39.4 Å². The average Bonchev–Trinajstić information content (AvgIpc) is 3.23. The van der Waals surface area contributed by atoms with Gasteiger partial charge in [0.2, 0.25) is 5.91 Å². The van der Waals surface area contributed by atoms with E-state index in [1.165, 1.54) is 31.0 Å². The number of benzene rings is 2. The molecule has 1 aliphatic carbocycles. The summed E-state index contributed by atoms with van der Waals surface area (Å²) < 4.78 is 3.31. The minimum absolute atomic E-state index is 0.00439. The maximum absolute atomic E-state index is 12.6. The van der Waals surface area contributed by atoms with Crippen molar-refractivity contribution in [3.05, 3.63) is 64.6 Å². The van der Waals surface area contributed by atoms with E-state index < -0.39 is 0 Å². The van der Waals surface area contributed by atoms with Gasteiger partial charge in [-0.3, -0.25) is 9.36 Å². The highest BCUT2D eigenvalue weighted by molar-refractivity contribution is 9.10. The molecule has 0 spiro atoms. The summed E-state index contributed by atoms with van der Waals surface area (Å²) in [6.07, 6.45) is 6.00. The number of rotatable bonds is 7. The largest absolute Gasteiger partial charge is 0.349 e. The molecule has 0 bridgehead atoms. The number of hydrogen-bond acceptors (Lipinski definition) is 4. The molecule has 31 heavy (non-hydrogen) atoms. The Kier molecular flexibility index (Phi) is 7.45. The molecule has 4 rings (SSSR count). The summed E-state index contributed by atoms with van der Waals surface area (Å²) in [5, 5.41) is 12.9. The van der Waals surface area contributed by atoms with Crippen LogP contribution in [0.25, 0.3) is 11.4 Å². The van der Waals surface area contributed by atoms with Gasteiger partial charge in [0.1, 0.15) is 0 Å². The highest BCUT2D eigenvalue weighted by atomic mass is 79.9. The number of hydrogen-bond donors (Lipinski definition) is 1. The van der Waals surface area contributed by atoms with Crippen LogP contribution in [0.4, 0.5) is 0 Å². The fourth-order valence-electron chi connectivity index (χ4n) is 4.08. The second-order valence-corrected chi connectivity index (χ2v) is 9.82. The Morgan fingerprint density at radius 1 is 1.10 bits per heavy atom. The van der Waals surface area contributed by atoms with Crippen molar-refractivity contribution in [2.45, 2.75) is 56.3 Å². The first-order chi connectivity index (χ1) is 15.1. The number of aromatic nitrogens is 3. The number of thioether (sulfide) groups is 1. The third-order valence-electron chi connectivity index (χ3n) is 5.72. The molecule has 3 aromatic rings. The molecule has 1 N–H and O–H groups in total. The quantitative estimate of drug-likeness (QED) is 0.395. The highest BCUT2D eigenvalue weighted by Crippen LogP contribution is 2.35. The molecule has 1 aromatic heterocycles. The average molecular weight is 499 g/mol. The molecule has 2 aromatic carbocycles. The zero-order chi connectivity index (χ0) is 21.6. The number of carbonyl (C=O) groups is 1. The maximum atomic E-state index is 12.6. The molecule has 0 radical (unpaired) electrons. The van der Waals surface area contributed by atoms with Crippen LogP contribution in [0.3, 0.4) is 0 Å². The lowest BCUT2D eigenvalue weighted by Gasteiger charge is -2.25. The SMILES string of the molecule is C[C@@H](NC(=O)CSc1nnc(-c2ccc(Br)cc2)n1C1CCCCC1)c1ccccc1. The number of amides is 1. The monoisotopic (exact) mass is 498 g/mol. The smallest absolute Gasteiger partial charge is 0.230 e. The van der Waals surface area contributed by atoms with E-state index in [0.29, 0.717) is 11.8 Å². The molecule has 5 nitrogen and oxygen atoms in total. The van der Waals surface area contributed by atoms with Crippen LogP contribution in [-0.2, 0) is 4.79 Å². The van der Waals surface area contributed by atoms with Gasteiger partial charge in [-0.05, 0) is 37.5 Å². The van der Waals surface area contributed by atoms with E-state index >= 15 is 0 Å². The van der Waals surface area contributed by atoms with Gasteiger partial charge in [0, 0.05) is 16.1 Å². The molecule has 0 unspecified atom stereocenters. The zero-order valence-electron chi connectivity index (χ0n) is 17.6. The lowest BCUT2D eigenvalue weighted by molar-refractivity contribution is -0.119. The molecule has 1 heterocycles. The Labute approximate surface area is 196 Å². The Balaban J connectivity index is 1.49. The second kappa shape index (κ2) is 10.5. The summed E-state index contributed by atoms with van der Waals surface area (Å²) >= 11 is 4.98. The minimum atomic E-state index is -0.0242. The van der Waals surface area contributed by atoms with Crippen LogP contribution >= 0.6 is 27.7 Å². The van der Waals surface area contributed by atoms with Gasteiger partial charge in [-0.2, -0.15) is 0 Å². The summed E-state index contributed by atoms with van der Waals surface area (Å²) in [5.74, 6) is 1.22. The van der Waals surface area contributed by atoms with Crippen molar-refractivity contribution in [2.75, 3.05) is 5.75 Å². The molecular formula is C24H27BrN4OS. The van der Waals surface area contributed by atoms with Crippen LogP contribution in [-0.4, -0.2) is 26.4 Å². The molecule has 0 aliphatic heterocycles. The molecule has 0 saturated heterocycles. The second-order valence-electron chi connectivity index (χ2n) is 7.96. The topological polar surface area (TPSA) is 59.8 Å². The van der Waals surface area contributed by atoms with E-state index in [9.17, 15) is 4.79 Å². The minimum Gasteiger partial charge on any atom is -0.349 e. The van der Waals surface area contributed by atoms with E-state index in [2.05, 4.69) is 48.1 Å². The van der Waals surface area contributed by atoms with Crippen LogP contribution in [0, 0.1) is 0 Å². The predicted molar refractivity (Wildman–Crippen MR) is 129 cm³/mol. The summed E-state index contributed by atoms with van der Waals surface area (Å²) in [4.78, 5) is 12.6. The Hall–Kier alpha value is -2.12. The molecule has 1 atom stereocenters. The van der Waals surface area contributed by atoms with E-state index in [1.54, 1.807) is 0 Å². The molecular weight excluding hydrogens is 472 g/mol. The molecule has 1 aliphatic rings. The highest BCUT2D eigenvalue weighted by Gasteiger charge is 2.24. The van der Waals surface area contributed by atoms with Gasteiger partial charge in [0.15, 0.2) is 11.0 Å². The van der Waals surface area contributed by atoms with E-state index in [1.807, 2.05) is 49.4 Å². The standard InChI is InChI=1S/C24H27BrN4OS/c1-17(18-8-4-2-5-9-18)26-22(30)16-31-24-28-27-23(19-12-14-20(25)15-13-19)29(24)21-10-6-3-7-11-21/h2,4-5,8-9,12-15,17,21H,3,6-7,10-11,16H2,1H3,(H,26,30)/t17-/m1/s1.